The molecule has 3 heterocycles. The van der Waals surface area contributed by atoms with Gasteiger partial charge in [0.05, 0.1) is 12.1 Å². The number of fused-ring (bicyclic) bond motifs is 3. The van der Waals surface area contributed by atoms with Gasteiger partial charge in [0.25, 0.3) is 0 Å². The standard InChI is InChI=1S/C30H28N2/c1-3-11-23(12-4-1)25-15-7-9-17-27(25)29-30(32-21-19-31(29)20-22-32)28-18-10-8-16-26(28)24-13-5-2-6-14-24/h1-18,29-30H,19-22H2/t29-,30-/m1/s1. The molecule has 4 aromatic rings. The Morgan fingerprint density at radius 3 is 1.16 bits per heavy atom. The van der Waals surface area contributed by atoms with Crippen LogP contribution in [0.5, 0.6) is 0 Å². The van der Waals surface area contributed by atoms with Gasteiger partial charge in [0, 0.05) is 26.2 Å². The van der Waals surface area contributed by atoms with Gasteiger partial charge in [-0.2, -0.15) is 0 Å². The maximum atomic E-state index is 2.72. The van der Waals surface area contributed by atoms with Crippen molar-refractivity contribution in [3.8, 4) is 22.3 Å². The zero-order chi connectivity index (χ0) is 21.3. The van der Waals surface area contributed by atoms with Crippen molar-refractivity contribution in [2.45, 2.75) is 12.1 Å². The smallest absolute Gasteiger partial charge is 0.0552 e. The second-order valence-electron chi connectivity index (χ2n) is 8.87. The second-order valence-corrected chi connectivity index (χ2v) is 8.87. The molecule has 158 valence electrons. The Bertz CT molecular complexity index is 1100. The van der Waals surface area contributed by atoms with E-state index in [9.17, 15) is 0 Å². The van der Waals surface area contributed by atoms with E-state index in [1.807, 2.05) is 0 Å². The van der Waals surface area contributed by atoms with Gasteiger partial charge in [-0.3, -0.25) is 9.80 Å². The number of nitrogens with zero attached hydrogens (tertiary/aromatic N) is 2. The van der Waals surface area contributed by atoms with Gasteiger partial charge in [0.1, 0.15) is 0 Å². The molecular formula is C30H28N2. The summed E-state index contributed by atoms with van der Waals surface area (Å²) in [6.45, 7) is 4.55. The lowest BCUT2D eigenvalue weighted by Gasteiger charge is -2.54. The number of piperazine rings is 3. The molecule has 0 aliphatic carbocycles. The highest BCUT2D eigenvalue weighted by molar-refractivity contribution is 5.70. The minimum absolute atomic E-state index is 0.346. The molecule has 0 aromatic heterocycles. The molecule has 0 unspecified atom stereocenters. The Balaban J connectivity index is 1.52. The first-order valence-electron chi connectivity index (χ1n) is 11.7. The van der Waals surface area contributed by atoms with Crippen LogP contribution in [0.25, 0.3) is 22.3 Å². The highest BCUT2D eigenvalue weighted by Gasteiger charge is 2.43. The highest BCUT2D eigenvalue weighted by Crippen LogP contribution is 2.48. The second kappa shape index (κ2) is 8.38. The topological polar surface area (TPSA) is 6.48 Å². The Labute approximate surface area is 190 Å². The molecule has 2 nitrogen and oxygen atoms in total. The van der Waals surface area contributed by atoms with Crippen molar-refractivity contribution in [2.75, 3.05) is 26.2 Å². The van der Waals surface area contributed by atoms with E-state index in [2.05, 4.69) is 119 Å². The van der Waals surface area contributed by atoms with Crippen LogP contribution in [0.4, 0.5) is 0 Å². The van der Waals surface area contributed by atoms with E-state index < -0.39 is 0 Å². The molecule has 2 atom stereocenters. The average molecular weight is 417 g/mol. The number of benzene rings is 4. The van der Waals surface area contributed by atoms with Crippen LogP contribution in [0.1, 0.15) is 23.2 Å². The van der Waals surface area contributed by atoms with Crippen LogP contribution in [0.3, 0.4) is 0 Å². The van der Waals surface area contributed by atoms with E-state index in [1.165, 1.54) is 33.4 Å². The fourth-order valence-electron chi connectivity index (χ4n) is 5.70. The third-order valence-corrected chi connectivity index (χ3v) is 7.16. The molecule has 0 spiro atoms. The molecule has 7 rings (SSSR count). The molecule has 3 aliphatic heterocycles. The van der Waals surface area contributed by atoms with Crippen molar-refractivity contribution in [3.05, 3.63) is 120 Å². The van der Waals surface area contributed by atoms with Crippen LogP contribution < -0.4 is 0 Å². The molecule has 2 heteroatoms. The normalized spacial score (nSPS) is 24.4. The average Bonchev–Trinajstić information content (AvgIpc) is 2.90. The lowest BCUT2D eigenvalue weighted by atomic mass is 9.81. The largest absolute Gasteiger partial charge is 0.292 e. The fourth-order valence-corrected chi connectivity index (χ4v) is 5.70. The van der Waals surface area contributed by atoms with Gasteiger partial charge >= 0.3 is 0 Å². The first kappa shape index (κ1) is 19.5. The van der Waals surface area contributed by atoms with Gasteiger partial charge in [0.15, 0.2) is 0 Å². The summed E-state index contributed by atoms with van der Waals surface area (Å²) in [4.78, 5) is 5.43. The summed E-state index contributed by atoms with van der Waals surface area (Å²) in [6.07, 6.45) is 0. The lowest BCUT2D eigenvalue weighted by Crippen LogP contribution is -2.58. The van der Waals surface area contributed by atoms with Crippen molar-refractivity contribution < 1.29 is 0 Å². The highest BCUT2D eigenvalue weighted by atomic mass is 15.4. The SMILES string of the molecule is c1ccc(-c2ccccc2[C@@H]2[C@@H](c3ccccc3-c3ccccc3)N3CCN2CC3)cc1. The van der Waals surface area contributed by atoms with Crippen molar-refractivity contribution in [3.63, 3.8) is 0 Å². The summed E-state index contributed by atoms with van der Waals surface area (Å²) in [7, 11) is 0. The van der Waals surface area contributed by atoms with Crippen LogP contribution >= 0.6 is 0 Å². The van der Waals surface area contributed by atoms with Crippen LogP contribution in [0.2, 0.25) is 0 Å². The predicted octanol–water partition coefficient (Wildman–Crippen LogP) is 6.43. The summed E-state index contributed by atoms with van der Waals surface area (Å²) in [5.74, 6) is 0. The fraction of sp³-hybridized carbons (Fsp3) is 0.200. The van der Waals surface area contributed by atoms with Crippen LogP contribution in [-0.4, -0.2) is 36.0 Å². The van der Waals surface area contributed by atoms with Crippen LogP contribution in [0, 0.1) is 0 Å². The van der Waals surface area contributed by atoms with E-state index in [4.69, 9.17) is 0 Å². The van der Waals surface area contributed by atoms with Crippen molar-refractivity contribution in [1.29, 1.82) is 0 Å². The summed E-state index contributed by atoms with van der Waals surface area (Å²) in [6, 6.07) is 40.5. The number of hydrogen-bond donors (Lipinski definition) is 0. The van der Waals surface area contributed by atoms with Crippen LogP contribution in [-0.2, 0) is 0 Å². The summed E-state index contributed by atoms with van der Waals surface area (Å²) >= 11 is 0. The lowest BCUT2D eigenvalue weighted by molar-refractivity contribution is -0.0401. The summed E-state index contributed by atoms with van der Waals surface area (Å²) in [5.41, 5.74) is 8.20. The number of rotatable bonds is 4. The molecular weight excluding hydrogens is 388 g/mol. The maximum Gasteiger partial charge on any atom is 0.0552 e. The van der Waals surface area contributed by atoms with E-state index in [1.54, 1.807) is 0 Å². The van der Waals surface area contributed by atoms with Crippen molar-refractivity contribution in [1.82, 2.24) is 9.80 Å². The third-order valence-electron chi connectivity index (χ3n) is 7.16. The van der Waals surface area contributed by atoms with Gasteiger partial charge in [-0.05, 0) is 33.4 Å². The molecule has 2 bridgehead atoms. The van der Waals surface area contributed by atoms with Crippen LogP contribution in [0.15, 0.2) is 109 Å². The first-order chi connectivity index (χ1) is 15.9. The van der Waals surface area contributed by atoms with E-state index in [0.717, 1.165) is 26.2 Å². The van der Waals surface area contributed by atoms with E-state index >= 15 is 0 Å². The third kappa shape index (κ3) is 3.37. The van der Waals surface area contributed by atoms with Gasteiger partial charge in [-0.1, -0.05) is 109 Å². The maximum absolute atomic E-state index is 2.72. The van der Waals surface area contributed by atoms with Gasteiger partial charge in [0.2, 0.25) is 0 Å². The molecule has 3 saturated heterocycles. The van der Waals surface area contributed by atoms with Crippen molar-refractivity contribution in [2.24, 2.45) is 0 Å². The van der Waals surface area contributed by atoms with Gasteiger partial charge in [-0.15, -0.1) is 0 Å². The molecule has 4 aromatic carbocycles. The molecule has 0 amide bonds. The Morgan fingerprint density at radius 2 is 0.750 bits per heavy atom. The first-order valence-corrected chi connectivity index (χ1v) is 11.7. The van der Waals surface area contributed by atoms with Gasteiger partial charge < -0.3 is 0 Å². The predicted molar refractivity (Wildman–Crippen MR) is 132 cm³/mol. The monoisotopic (exact) mass is 416 g/mol. The zero-order valence-corrected chi connectivity index (χ0v) is 18.3. The summed E-state index contributed by atoms with van der Waals surface area (Å²) in [5, 5.41) is 0. The number of hydrogen-bond acceptors (Lipinski definition) is 2. The molecule has 0 saturated carbocycles. The van der Waals surface area contributed by atoms with E-state index in [-0.39, 0.29) is 0 Å². The van der Waals surface area contributed by atoms with Gasteiger partial charge in [-0.25, -0.2) is 0 Å². The Morgan fingerprint density at radius 1 is 0.406 bits per heavy atom. The molecule has 0 radical (unpaired) electrons. The molecule has 32 heavy (non-hydrogen) atoms. The molecule has 3 aliphatic rings. The quantitative estimate of drug-likeness (QED) is 0.378. The Hall–Kier alpha value is -3.20. The molecule has 3 fully saturated rings. The molecule has 0 N–H and O–H groups in total. The van der Waals surface area contributed by atoms with E-state index in [0.29, 0.717) is 12.1 Å². The minimum atomic E-state index is 0.346. The zero-order valence-electron chi connectivity index (χ0n) is 18.3. The Kier molecular flexibility index (Phi) is 5.10. The van der Waals surface area contributed by atoms with Crippen molar-refractivity contribution >= 4 is 0 Å². The summed E-state index contributed by atoms with van der Waals surface area (Å²) < 4.78 is 0. The minimum Gasteiger partial charge on any atom is -0.292 e.